The summed E-state index contributed by atoms with van der Waals surface area (Å²) in [7, 11) is 1.36. The molecule has 1 aromatic rings. The fourth-order valence-electron chi connectivity index (χ4n) is 1.63. The van der Waals surface area contributed by atoms with Gasteiger partial charge in [-0.1, -0.05) is 11.6 Å². The summed E-state index contributed by atoms with van der Waals surface area (Å²) in [5, 5.41) is 11.5. The smallest absolute Gasteiger partial charge is 0.417 e. The number of aromatic nitrogens is 1. The normalized spacial score (nSPS) is 12.0. The zero-order chi connectivity index (χ0) is 18.7. The summed E-state index contributed by atoms with van der Waals surface area (Å²) >= 11 is 5.73. The molecule has 0 saturated heterocycles. The van der Waals surface area contributed by atoms with Gasteiger partial charge >= 0.3 is 12.1 Å². The van der Waals surface area contributed by atoms with Gasteiger partial charge in [0.1, 0.15) is 11.4 Å². The van der Waals surface area contributed by atoms with Crippen molar-refractivity contribution in [2.24, 2.45) is 0 Å². The Morgan fingerprint density at radius 3 is 2.42 bits per heavy atom. The number of aliphatic carboxylic acids is 1. The Morgan fingerprint density at radius 1 is 1.38 bits per heavy atom. The summed E-state index contributed by atoms with van der Waals surface area (Å²) in [6.07, 6.45) is -3.99. The van der Waals surface area contributed by atoms with Crippen LogP contribution in [0.25, 0.3) is 0 Å². The van der Waals surface area contributed by atoms with E-state index >= 15 is 0 Å². The van der Waals surface area contributed by atoms with E-state index in [1.54, 1.807) is 0 Å². The molecule has 0 aliphatic carbocycles. The molecule has 0 fully saturated rings. The molecule has 0 aliphatic heterocycles. The molecule has 0 atom stereocenters. The minimum atomic E-state index is -4.55. The number of carboxylic acid groups (broad SMARTS) is 1. The van der Waals surface area contributed by atoms with E-state index in [4.69, 9.17) is 16.7 Å². The molecule has 134 valence electrons. The summed E-state index contributed by atoms with van der Waals surface area (Å²) in [4.78, 5) is 27.7. The molecule has 0 unspecified atom stereocenters. The van der Waals surface area contributed by atoms with Gasteiger partial charge in [-0.05, 0) is 19.9 Å². The quantitative estimate of drug-likeness (QED) is 0.808. The van der Waals surface area contributed by atoms with E-state index in [0.717, 1.165) is 11.0 Å². The zero-order valence-electron chi connectivity index (χ0n) is 13.2. The molecule has 1 aromatic heterocycles. The molecule has 2 N–H and O–H groups in total. The molecule has 0 spiro atoms. The van der Waals surface area contributed by atoms with Crippen LogP contribution in [0.1, 0.15) is 25.8 Å². The summed E-state index contributed by atoms with van der Waals surface area (Å²) in [5.74, 6) is -1.59. The number of nitrogens with zero attached hydrogens (tertiary/aromatic N) is 2. The number of carboxylic acids is 1. The molecule has 10 heteroatoms. The summed E-state index contributed by atoms with van der Waals surface area (Å²) in [6.45, 7) is 2.81. The number of alkyl halides is 3. The number of nitrogens with one attached hydrogen (secondary N) is 1. The lowest BCUT2D eigenvalue weighted by molar-refractivity contribution is -0.155. The first-order valence-electron chi connectivity index (χ1n) is 6.84. The maximum Gasteiger partial charge on any atom is 0.417 e. The zero-order valence-corrected chi connectivity index (χ0v) is 14.0. The predicted molar refractivity (Wildman–Crippen MR) is 81.8 cm³/mol. The monoisotopic (exact) mass is 367 g/mol. The van der Waals surface area contributed by atoms with Crippen LogP contribution >= 0.6 is 11.6 Å². The molecule has 6 nitrogen and oxygen atoms in total. The van der Waals surface area contributed by atoms with E-state index in [1.165, 1.54) is 20.9 Å². The number of pyridine rings is 1. The van der Waals surface area contributed by atoms with Crippen molar-refractivity contribution in [3.05, 3.63) is 22.8 Å². The molecule has 0 radical (unpaired) electrons. The molecular weight excluding hydrogens is 351 g/mol. The Kier molecular flexibility index (Phi) is 6.04. The van der Waals surface area contributed by atoms with Gasteiger partial charge < -0.3 is 15.3 Å². The van der Waals surface area contributed by atoms with E-state index in [9.17, 15) is 22.8 Å². The van der Waals surface area contributed by atoms with E-state index in [1.807, 2.05) is 0 Å². The van der Waals surface area contributed by atoms with Crippen molar-refractivity contribution in [1.82, 2.24) is 9.88 Å². The van der Waals surface area contributed by atoms with Gasteiger partial charge in [0.15, 0.2) is 0 Å². The lowest BCUT2D eigenvalue weighted by Gasteiger charge is -2.31. The highest BCUT2D eigenvalue weighted by atomic mass is 35.5. The first-order valence-corrected chi connectivity index (χ1v) is 7.22. The SMILES string of the molecule is CN(C(=O)CCNc1ncc(C(F)(F)F)cc1Cl)C(C)(C)C(=O)O. The van der Waals surface area contributed by atoms with Crippen molar-refractivity contribution in [2.75, 3.05) is 18.9 Å². The molecule has 0 aromatic carbocycles. The number of hydrogen-bond donors (Lipinski definition) is 2. The molecule has 0 aliphatic rings. The Balaban J connectivity index is 2.65. The van der Waals surface area contributed by atoms with E-state index in [-0.39, 0.29) is 23.8 Å². The lowest BCUT2D eigenvalue weighted by atomic mass is 10.0. The van der Waals surface area contributed by atoms with Crippen molar-refractivity contribution in [3.8, 4) is 0 Å². The molecule has 0 saturated carbocycles. The summed E-state index contributed by atoms with van der Waals surface area (Å²) in [6, 6.07) is 0.734. The number of rotatable bonds is 6. The van der Waals surface area contributed by atoms with Gasteiger partial charge in [0.2, 0.25) is 5.91 Å². The predicted octanol–water partition coefficient (Wildman–Crippen LogP) is 2.88. The Morgan fingerprint density at radius 2 is 1.96 bits per heavy atom. The van der Waals surface area contributed by atoms with Crippen LogP contribution in [-0.4, -0.2) is 46.0 Å². The number of halogens is 4. The largest absolute Gasteiger partial charge is 0.480 e. The van der Waals surface area contributed by atoms with Crippen molar-refractivity contribution >= 4 is 29.3 Å². The van der Waals surface area contributed by atoms with Crippen molar-refractivity contribution < 1.29 is 27.9 Å². The molecule has 1 heterocycles. The van der Waals surface area contributed by atoms with Gasteiger partial charge in [-0.15, -0.1) is 0 Å². The maximum absolute atomic E-state index is 12.5. The van der Waals surface area contributed by atoms with Crippen LogP contribution in [0.4, 0.5) is 19.0 Å². The molecular formula is C14H17ClF3N3O3. The molecule has 24 heavy (non-hydrogen) atoms. The van der Waals surface area contributed by atoms with E-state index < -0.39 is 29.2 Å². The molecule has 1 rings (SSSR count). The summed E-state index contributed by atoms with van der Waals surface area (Å²) in [5.41, 5.74) is -2.35. The number of carbonyl (C=O) groups is 2. The van der Waals surface area contributed by atoms with Crippen LogP contribution in [0, 0.1) is 0 Å². The fraction of sp³-hybridized carbons (Fsp3) is 0.500. The number of amides is 1. The van der Waals surface area contributed by atoms with Gasteiger partial charge in [0, 0.05) is 26.2 Å². The highest BCUT2D eigenvalue weighted by molar-refractivity contribution is 6.32. The number of hydrogen-bond acceptors (Lipinski definition) is 4. The minimum Gasteiger partial charge on any atom is -0.480 e. The second kappa shape index (κ2) is 7.25. The van der Waals surface area contributed by atoms with Gasteiger partial charge in [0.25, 0.3) is 0 Å². The average molecular weight is 368 g/mol. The standard InChI is InChI=1S/C14H17ClF3N3O3/c1-13(2,12(23)24)21(3)10(22)4-5-19-11-9(15)6-8(7-20-11)14(16,17)18/h6-7H,4-5H2,1-3H3,(H,19,20)(H,23,24). The van der Waals surface area contributed by atoms with Crippen LogP contribution < -0.4 is 5.32 Å². The lowest BCUT2D eigenvalue weighted by Crippen LogP contribution is -2.51. The Bertz CT molecular complexity index is 635. The van der Waals surface area contributed by atoms with Crippen LogP contribution in [0.15, 0.2) is 12.3 Å². The van der Waals surface area contributed by atoms with Crippen LogP contribution in [0.5, 0.6) is 0 Å². The van der Waals surface area contributed by atoms with Crippen LogP contribution in [-0.2, 0) is 15.8 Å². The second-order valence-corrected chi connectivity index (χ2v) is 5.95. The van der Waals surface area contributed by atoms with Gasteiger partial charge in [-0.2, -0.15) is 13.2 Å². The first-order chi connectivity index (χ1) is 10.9. The maximum atomic E-state index is 12.5. The third-order valence-corrected chi connectivity index (χ3v) is 3.82. The topological polar surface area (TPSA) is 82.5 Å². The number of carbonyl (C=O) groups excluding carboxylic acids is 1. The van der Waals surface area contributed by atoms with E-state index in [2.05, 4.69) is 10.3 Å². The molecule has 0 bridgehead atoms. The highest BCUT2D eigenvalue weighted by Gasteiger charge is 2.35. The van der Waals surface area contributed by atoms with Gasteiger partial charge in [-0.3, -0.25) is 4.79 Å². The van der Waals surface area contributed by atoms with Crippen molar-refractivity contribution in [2.45, 2.75) is 32.0 Å². The van der Waals surface area contributed by atoms with Gasteiger partial charge in [-0.25, -0.2) is 9.78 Å². The van der Waals surface area contributed by atoms with E-state index in [0.29, 0.717) is 6.20 Å². The van der Waals surface area contributed by atoms with Crippen LogP contribution in [0.3, 0.4) is 0 Å². The van der Waals surface area contributed by atoms with Crippen molar-refractivity contribution in [3.63, 3.8) is 0 Å². The van der Waals surface area contributed by atoms with Gasteiger partial charge in [0.05, 0.1) is 10.6 Å². The number of likely N-dealkylation sites (N-methyl/N-ethyl adjacent to an activating group) is 1. The Hall–Kier alpha value is -2.03. The summed E-state index contributed by atoms with van der Waals surface area (Å²) < 4.78 is 37.5. The average Bonchev–Trinajstić information content (AvgIpc) is 2.46. The molecule has 1 amide bonds. The fourth-order valence-corrected chi connectivity index (χ4v) is 1.87. The minimum absolute atomic E-state index is 0.0117. The first kappa shape index (κ1) is 20.0. The third-order valence-electron chi connectivity index (χ3n) is 3.54. The third kappa shape index (κ3) is 4.73. The Labute approximate surface area is 141 Å². The van der Waals surface area contributed by atoms with Crippen LogP contribution in [0.2, 0.25) is 5.02 Å². The van der Waals surface area contributed by atoms with Crippen molar-refractivity contribution in [1.29, 1.82) is 0 Å². The number of anilines is 1. The highest BCUT2D eigenvalue weighted by Crippen LogP contribution is 2.32. The second-order valence-electron chi connectivity index (χ2n) is 5.55.